The molecule has 1 saturated carbocycles. The Bertz CT molecular complexity index is 1400. The number of carboxylic acids is 1. The van der Waals surface area contributed by atoms with Crippen LogP contribution in [0.5, 0.6) is 0 Å². The van der Waals surface area contributed by atoms with E-state index in [1.54, 1.807) is 23.5 Å². The van der Waals surface area contributed by atoms with Crippen LogP contribution in [0.2, 0.25) is 0 Å². The summed E-state index contributed by atoms with van der Waals surface area (Å²) in [5.41, 5.74) is 3.07. The van der Waals surface area contributed by atoms with Crippen molar-refractivity contribution < 1.29 is 14.3 Å². The van der Waals surface area contributed by atoms with Crippen molar-refractivity contribution in [2.24, 2.45) is 11.8 Å². The molecule has 0 radical (unpaired) electrons. The van der Waals surface area contributed by atoms with E-state index in [4.69, 9.17) is 4.98 Å². The third kappa shape index (κ3) is 7.44. The predicted molar refractivity (Wildman–Crippen MR) is 182 cm³/mol. The van der Waals surface area contributed by atoms with Crippen molar-refractivity contribution in [1.29, 1.82) is 0 Å². The van der Waals surface area contributed by atoms with E-state index in [1.165, 1.54) is 18.1 Å². The molecule has 3 aliphatic rings. The third-order valence-corrected chi connectivity index (χ3v) is 11.5. The van der Waals surface area contributed by atoms with Crippen LogP contribution in [0.15, 0.2) is 54.6 Å². The van der Waals surface area contributed by atoms with E-state index in [2.05, 4.69) is 58.9 Å². The first-order chi connectivity index (χ1) is 21.9. The Kier molecular flexibility index (Phi) is 10.5. The van der Waals surface area contributed by atoms with E-state index in [0.717, 1.165) is 105 Å². The fourth-order valence-electron chi connectivity index (χ4n) is 8.33. The molecule has 0 spiro atoms. The van der Waals surface area contributed by atoms with E-state index in [9.17, 15) is 14.3 Å². The highest BCUT2D eigenvalue weighted by atomic mass is 32.1. The average Bonchev–Trinajstić information content (AvgIpc) is 3.64. The molecule has 2 saturated heterocycles. The van der Waals surface area contributed by atoms with E-state index >= 15 is 0 Å². The average molecular weight is 633 g/mol. The van der Waals surface area contributed by atoms with Crippen LogP contribution in [-0.2, 0) is 4.79 Å². The Hall–Kier alpha value is -2.81. The van der Waals surface area contributed by atoms with Gasteiger partial charge < -0.3 is 14.9 Å². The van der Waals surface area contributed by atoms with Crippen LogP contribution in [0.3, 0.4) is 0 Å². The SMILES string of the molecule is CCCN(c1nc(-c2cccc(F)c2)c(C)s1)C1CCN(CC2CN(C(C(=O)O)C3CCCCC3)CC2c2ccccc2)CC1. The van der Waals surface area contributed by atoms with Gasteiger partial charge in [-0.1, -0.05) is 68.7 Å². The maximum atomic E-state index is 14.0. The summed E-state index contributed by atoms with van der Waals surface area (Å²) in [5.74, 6) is 0.167. The Balaban J connectivity index is 1.13. The Morgan fingerprint density at radius 3 is 2.49 bits per heavy atom. The van der Waals surface area contributed by atoms with Gasteiger partial charge in [0.2, 0.25) is 0 Å². The molecule has 45 heavy (non-hydrogen) atoms. The molecule has 6 nitrogen and oxygen atoms in total. The first-order valence-electron chi connectivity index (χ1n) is 17.2. The van der Waals surface area contributed by atoms with Crippen molar-refractivity contribution in [2.45, 2.75) is 83.2 Å². The first kappa shape index (κ1) is 32.1. The molecule has 0 bridgehead atoms. The van der Waals surface area contributed by atoms with Gasteiger partial charge in [-0.3, -0.25) is 9.69 Å². The molecule has 8 heteroatoms. The first-order valence-corrected chi connectivity index (χ1v) is 18.0. The molecule has 242 valence electrons. The zero-order chi connectivity index (χ0) is 31.3. The number of nitrogens with zero attached hydrogens (tertiary/aromatic N) is 4. The molecule has 6 rings (SSSR count). The molecular weight excluding hydrogens is 583 g/mol. The zero-order valence-corrected chi connectivity index (χ0v) is 27.7. The van der Waals surface area contributed by atoms with Crippen molar-refractivity contribution in [1.82, 2.24) is 14.8 Å². The number of rotatable bonds is 11. The minimum Gasteiger partial charge on any atom is -0.480 e. The van der Waals surface area contributed by atoms with Crippen molar-refractivity contribution in [3.63, 3.8) is 0 Å². The van der Waals surface area contributed by atoms with Gasteiger partial charge in [0.05, 0.1) is 5.69 Å². The number of carbonyl (C=O) groups is 1. The maximum absolute atomic E-state index is 14.0. The maximum Gasteiger partial charge on any atom is 0.321 e. The van der Waals surface area contributed by atoms with Gasteiger partial charge in [-0.25, -0.2) is 9.37 Å². The van der Waals surface area contributed by atoms with E-state index in [-0.39, 0.29) is 17.8 Å². The second-order valence-corrected chi connectivity index (χ2v) is 14.7. The molecule has 1 N–H and O–H groups in total. The third-order valence-electron chi connectivity index (χ3n) is 10.5. The molecule has 0 amide bonds. The smallest absolute Gasteiger partial charge is 0.321 e. The van der Waals surface area contributed by atoms with Crippen LogP contribution in [-0.4, -0.2) is 77.2 Å². The number of halogens is 1. The number of hydrogen-bond donors (Lipinski definition) is 1. The van der Waals surface area contributed by atoms with Crippen LogP contribution >= 0.6 is 11.3 Å². The zero-order valence-electron chi connectivity index (χ0n) is 26.9. The molecule has 2 aliphatic heterocycles. The van der Waals surface area contributed by atoms with Crippen LogP contribution in [0.4, 0.5) is 9.52 Å². The molecule has 3 aromatic rings. The van der Waals surface area contributed by atoms with Crippen LogP contribution < -0.4 is 4.90 Å². The number of likely N-dealkylation sites (tertiary alicyclic amines) is 2. The molecular formula is C37H49FN4O2S. The van der Waals surface area contributed by atoms with Gasteiger partial charge in [0.1, 0.15) is 11.9 Å². The standard InChI is InChI=1S/C37H49FN4O2S/c1-3-19-42(37-39-34(26(2)45-37)29-15-10-16-31(38)22-29)32-17-20-40(21-18-32)23-30-24-41(25-33(30)27-11-6-4-7-12-27)35(36(43)44)28-13-8-5-9-14-28/h4,6-7,10-12,15-16,22,28,30,32-33,35H,3,5,8-9,13-14,17-21,23-25H2,1-2H3,(H,43,44). The van der Waals surface area contributed by atoms with Crippen molar-refractivity contribution in [3.05, 3.63) is 70.9 Å². The number of carboxylic acid groups (broad SMARTS) is 1. The van der Waals surface area contributed by atoms with Gasteiger partial charge in [-0.15, -0.1) is 11.3 Å². The fourth-order valence-corrected chi connectivity index (χ4v) is 9.36. The van der Waals surface area contributed by atoms with Gasteiger partial charge in [0, 0.05) is 61.7 Å². The molecule has 3 fully saturated rings. The number of anilines is 1. The predicted octanol–water partition coefficient (Wildman–Crippen LogP) is 7.69. The highest BCUT2D eigenvalue weighted by Gasteiger charge is 2.43. The lowest BCUT2D eigenvalue weighted by molar-refractivity contribution is -0.145. The quantitative estimate of drug-likeness (QED) is 0.234. The lowest BCUT2D eigenvalue weighted by atomic mass is 9.83. The number of aromatic nitrogens is 1. The van der Waals surface area contributed by atoms with Crippen LogP contribution in [0, 0.1) is 24.6 Å². The summed E-state index contributed by atoms with van der Waals surface area (Å²) in [5, 5.41) is 11.4. The second-order valence-electron chi connectivity index (χ2n) is 13.5. The lowest BCUT2D eigenvalue weighted by Crippen LogP contribution is -2.48. The summed E-state index contributed by atoms with van der Waals surface area (Å²) in [7, 11) is 0. The Morgan fingerprint density at radius 1 is 1.04 bits per heavy atom. The summed E-state index contributed by atoms with van der Waals surface area (Å²) in [6.45, 7) is 10.0. The molecule has 1 aliphatic carbocycles. The number of piperidine rings is 1. The molecule has 1 aromatic heterocycles. The highest BCUT2D eigenvalue weighted by Crippen LogP contribution is 2.39. The van der Waals surface area contributed by atoms with Crippen molar-refractivity contribution in [2.75, 3.05) is 44.2 Å². The number of aryl methyl sites for hydroxylation is 1. The molecule has 3 heterocycles. The largest absolute Gasteiger partial charge is 0.480 e. The van der Waals surface area contributed by atoms with E-state index < -0.39 is 5.97 Å². The fraction of sp³-hybridized carbons (Fsp3) is 0.568. The minimum atomic E-state index is -0.635. The Morgan fingerprint density at radius 2 is 1.80 bits per heavy atom. The monoisotopic (exact) mass is 632 g/mol. The number of hydrogen-bond acceptors (Lipinski definition) is 6. The molecule has 3 unspecified atom stereocenters. The van der Waals surface area contributed by atoms with E-state index in [0.29, 0.717) is 17.9 Å². The van der Waals surface area contributed by atoms with Crippen molar-refractivity contribution in [3.8, 4) is 11.3 Å². The second kappa shape index (κ2) is 14.7. The van der Waals surface area contributed by atoms with Crippen LogP contribution in [0.1, 0.15) is 74.6 Å². The summed E-state index contributed by atoms with van der Waals surface area (Å²) < 4.78 is 14.0. The summed E-state index contributed by atoms with van der Waals surface area (Å²) in [4.78, 5) is 26.3. The lowest BCUT2D eigenvalue weighted by Gasteiger charge is -2.39. The van der Waals surface area contributed by atoms with Crippen molar-refractivity contribution >= 4 is 22.4 Å². The van der Waals surface area contributed by atoms with Gasteiger partial charge in [0.15, 0.2) is 5.13 Å². The normalized spacial score (nSPS) is 22.9. The summed E-state index contributed by atoms with van der Waals surface area (Å²) in [6, 6.07) is 17.6. The van der Waals surface area contributed by atoms with Gasteiger partial charge >= 0.3 is 5.97 Å². The number of thiazole rings is 1. The van der Waals surface area contributed by atoms with Gasteiger partial charge in [-0.05, 0) is 68.6 Å². The topological polar surface area (TPSA) is 59.9 Å². The number of aliphatic carboxylic acids is 1. The summed E-state index contributed by atoms with van der Waals surface area (Å²) in [6.07, 6.45) is 8.85. The molecule has 2 aromatic carbocycles. The number of benzene rings is 2. The van der Waals surface area contributed by atoms with Crippen LogP contribution in [0.25, 0.3) is 11.3 Å². The Labute approximate surface area is 272 Å². The molecule has 3 atom stereocenters. The minimum absolute atomic E-state index is 0.230. The summed E-state index contributed by atoms with van der Waals surface area (Å²) >= 11 is 1.72. The van der Waals surface area contributed by atoms with Gasteiger partial charge in [-0.2, -0.15) is 0 Å². The highest BCUT2D eigenvalue weighted by molar-refractivity contribution is 7.16. The van der Waals surface area contributed by atoms with E-state index in [1.807, 2.05) is 6.07 Å². The van der Waals surface area contributed by atoms with Gasteiger partial charge in [0.25, 0.3) is 0 Å².